The molecule has 1 aliphatic heterocycles. The zero-order valence-electron chi connectivity index (χ0n) is 13.8. The average Bonchev–Trinajstić information content (AvgIpc) is 3.25. The molecule has 0 spiro atoms. The summed E-state index contributed by atoms with van der Waals surface area (Å²) < 4.78 is 13.2. The van der Waals surface area contributed by atoms with Gasteiger partial charge in [0.1, 0.15) is 11.9 Å². The van der Waals surface area contributed by atoms with Gasteiger partial charge in [-0.25, -0.2) is 14.2 Å². The highest BCUT2D eigenvalue weighted by Crippen LogP contribution is 2.24. The number of anilines is 1. The molecule has 10 heteroatoms. The van der Waals surface area contributed by atoms with Gasteiger partial charge in [-0.15, -0.1) is 23.1 Å². The van der Waals surface area contributed by atoms with Crippen molar-refractivity contribution < 1.29 is 14.0 Å². The standard InChI is InChI=1S/C16H16ClFN4O2S2/c1-9-20-11(6-26-9)5-19-15(23)14-7-25-8-22(14)16(24)21-10-2-3-13(18)12(17)4-10/h2-4,6,14H,5,7-8H2,1H3,(H,19,23)(H,21,24). The van der Waals surface area contributed by atoms with E-state index in [1.807, 2.05) is 12.3 Å². The number of aryl methyl sites for hydroxylation is 1. The zero-order chi connectivity index (χ0) is 18.7. The summed E-state index contributed by atoms with van der Waals surface area (Å²) in [5, 5.41) is 8.21. The number of hydrogen-bond donors (Lipinski definition) is 2. The lowest BCUT2D eigenvalue weighted by Gasteiger charge is -2.23. The van der Waals surface area contributed by atoms with Gasteiger partial charge in [0, 0.05) is 16.8 Å². The fourth-order valence-corrected chi connectivity index (χ4v) is 4.36. The minimum absolute atomic E-state index is 0.0774. The monoisotopic (exact) mass is 414 g/mol. The number of carbonyl (C=O) groups is 2. The molecule has 1 fully saturated rings. The van der Waals surface area contributed by atoms with Crippen LogP contribution in [0.15, 0.2) is 23.6 Å². The van der Waals surface area contributed by atoms with Gasteiger partial charge < -0.3 is 15.5 Å². The molecule has 1 atom stereocenters. The molecule has 3 rings (SSSR count). The molecule has 1 aliphatic rings. The van der Waals surface area contributed by atoms with Gasteiger partial charge in [0.05, 0.1) is 28.1 Å². The Balaban J connectivity index is 1.60. The molecule has 2 N–H and O–H groups in total. The van der Waals surface area contributed by atoms with E-state index < -0.39 is 17.9 Å². The molecular formula is C16H16ClFN4O2S2. The Morgan fingerprint density at radius 1 is 1.46 bits per heavy atom. The summed E-state index contributed by atoms with van der Waals surface area (Å²) in [5.74, 6) is 0.123. The number of nitrogens with one attached hydrogen (secondary N) is 2. The minimum Gasteiger partial charge on any atom is -0.349 e. The van der Waals surface area contributed by atoms with Crippen LogP contribution in [-0.2, 0) is 11.3 Å². The van der Waals surface area contributed by atoms with Crippen molar-refractivity contribution in [3.05, 3.63) is 45.1 Å². The molecule has 138 valence electrons. The number of benzene rings is 1. The van der Waals surface area contributed by atoms with E-state index in [2.05, 4.69) is 15.6 Å². The molecule has 0 aliphatic carbocycles. The lowest BCUT2D eigenvalue weighted by atomic mass is 10.2. The minimum atomic E-state index is -0.573. The molecule has 0 radical (unpaired) electrons. The maximum Gasteiger partial charge on any atom is 0.323 e. The fraction of sp³-hybridized carbons (Fsp3) is 0.312. The normalized spacial score (nSPS) is 16.6. The lowest BCUT2D eigenvalue weighted by molar-refractivity contribution is -0.124. The van der Waals surface area contributed by atoms with E-state index in [4.69, 9.17) is 11.6 Å². The SMILES string of the molecule is Cc1nc(CNC(=O)C2CSCN2C(=O)Nc2ccc(F)c(Cl)c2)cs1. The Kier molecular flexibility index (Phi) is 6.00. The van der Waals surface area contributed by atoms with E-state index in [9.17, 15) is 14.0 Å². The third-order valence-electron chi connectivity index (χ3n) is 3.73. The maximum atomic E-state index is 13.2. The molecule has 3 amide bonds. The Labute approximate surface area is 163 Å². The number of hydrogen-bond acceptors (Lipinski definition) is 5. The van der Waals surface area contributed by atoms with Crippen molar-refractivity contribution in [1.29, 1.82) is 0 Å². The molecule has 2 aromatic rings. The van der Waals surface area contributed by atoms with Crippen LogP contribution in [0.1, 0.15) is 10.7 Å². The number of carbonyl (C=O) groups excluding carboxylic acids is 2. The van der Waals surface area contributed by atoms with Gasteiger partial charge in [0.15, 0.2) is 0 Å². The molecule has 1 aromatic carbocycles. The van der Waals surface area contributed by atoms with Crippen LogP contribution in [0.3, 0.4) is 0 Å². The number of amides is 3. The van der Waals surface area contributed by atoms with Crippen molar-refractivity contribution in [2.24, 2.45) is 0 Å². The highest BCUT2D eigenvalue weighted by molar-refractivity contribution is 7.99. The number of urea groups is 1. The summed E-state index contributed by atoms with van der Waals surface area (Å²) >= 11 is 8.74. The summed E-state index contributed by atoms with van der Waals surface area (Å²) in [6.45, 7) is 2.23. The van der Waals surface area contributed by atoms with E-state index >= 15 is 0 Å². The summed E-state index contributed by atoms with van der Waals surface area (Å²) in [6, 6.07) is 2.93. The topological polar surface area (TPSA) is 74.3 Å². The Morgan fingerprint density at radius 2 is 2.27 bits per heavy atom. The summed E-state index contributed by atoms with van der Waals surface area (Å²) in [6.07, 6.45) is 0. The van der Waals surface area contributed by atoms with Crippen molar-refractivity contribution >= 4 is 52.3 Å². The first-order valence-corrected chi connectivity index (χ1v) is 10.1. The van der Waals surface area contributed by atoms with Gasteiger partial charge in [-0.3, -0.25) is 4.79 Å². The van der Waals surface area contributed by atoms with Crippen LogP contribution in [0.25, 0.3) is 0 Å². The predicted octanol–water partition coefficient (Wildman–Crippen LogP) is 3.47. The van der Waals surface area contributed by atoms with Crippen LogP contribution in [0.4, 0.5) is 14.9 Å². The van der Waals surface area contributed by atoms with E-state index in [-0.39, 0.29) is 10.9 Å². The second kappa shape index (κ2) is 8.24. The molecule has 2 heterocycles. The van der Waals surface area contributed by atoms with Gasteiger partial charge >= 0.3 is 6.03 Å². The largest absolute Gasteiger partial charge is 0.349 e. The van der Waals surface area contributed by atoms with Gasteiger partial charge in [0.2, 0.25) is 5.91 Å². The highest BCUT2D eigenvalue weighted by Gasteiger charge is 2.34. The van der Waals surface area contributed by atoms with Crippen LogP contribution in [0.5, 0.6) is 0 Å². The van der Waals surface area contributed by atoms with Crippen molar-refractivity contribution in [2.75, 3.05) is 16.9 Å². The van der Waals surface area contributed by atoms with Gasteiger partial charge in [-0.1, -0.05) is 11.6 Å². The third kappa shape index (κ3) is 4.46. The molecule has 0 bridgehead atoms. The quantitative estimate of drug-likeness (QED) is 0.803. The number of rotatable bonds is 4. The molecule has 6 nitrogen and oxygen atoms in total. The van der Waals surface area contributed by atoms with Crippen LogP contribution in [0.2, 0.25) is 5.02 Å². The first kappa shape index (κ1) is 18.9. The zero-order valence-corrected chi connectivity index (χ0v) is 16.2. The molecule has 1 unspecified atom stereocenters. The summed E-state index contributed by atoms with van der Waals surface area (Å²) in [4.78, 5) is 30.7. The summed E-state index contributed by atoms with van der Waals surface area (Å²) in [7, 11) is 0. The van der Waals surface area contributed by atoms with Crippen molar-refractivity contribution in [1.82, 2.24) is 15.2 Å². The van der Waals surface area contributed by atoms with E-state index in [1.165, 1.54) is 46.2 Å². The fourth-order valence-electron chi connectivity index (χ4n) is 2.41. The molecular weight excluding hydrogens is 399 g/mol. The predicted molar refractivity (Wildman–Crippen MR) is 102 cm³/mol. The van der Waals surface area contributed by atoms with Crippen molar-refractivity contribution in [3.63, 3.8) is 0 Å². The maximum absolute atomic E-state index is 13.2. The molecule has 1 saturated heterocycles. The van der Waals surface area contributed by atoms with Crippen LogP contribution < -0.4 is 10.6 Å². The summed E-state index contributed by atoms with van der Waals surface area (Å²) in [5.41, 5.74) is 1.17. The van der Waals surface area contributed by atoms with Crippen LogP contribution >= 0.6 is 34.7 Å². The Bertz CT molecular complexity index is 832. The van der Waals surface area contributed by atoms with Gasteiger partial charge in [-0.05, 0) is 25.1 Å². The first-order valence-electron chi connectivity index (χ1n) is 7.73. The number of aromatic nitrogens is 1. The number of thiazole rings is 1. The number of halogens is 2. The second-order valence-electron chi connectivity index (χ2n) is 5.62. The average molecular weight is 415 g/mol. The van der Waals surface area contributed by atoms with Gasteiger partial charge in [0.25, 0.3) is 0 Å². The lowest BCUT2D eigenvalue weighted by Crippen LogP contribution is -2.48. The van der Waals surface area contributed by atoms with Crippen LogP contribution in [-0.4, -0.2) is 39.5 Å². The first-order chi connectivity index (χ1) is 12.4. The van der Waals surface area contributed by atoms with Crippen molar-refractivity contribution in [2.45, 2.75) is 19.5 Å². The Hall–Kier alpha value is -1.84. The van der Waals surface area contributed by atoms with E-state index in [0.29, 0.717) is 23.9 Å². The molecule has 1 aromatic heterocycles. The molecule has 26 heavy (non-hydrogen) atoms. The third-order valence-corrected chi connectivity index (χ3v) is 5.85. The smallest absolute Gasteiger partial charge is 0.323 e. The second-order valence-corrected chi connectivity index (χ2v) is 8.09. The highest BCUT2D eigenvalue weighted by atomic mass is 35.5. The Morgan fingerprint density at radius 3 is 2.96 bits per heavy atom. The number of nitrogens with zero attached hydrogens (tertiary/aromatic N) is 2. The van der Waals surface area contributed by atoms with E-state index in [0.717, 1.165) is 10.7 Å². The van der Waals surface area contributed by atoms with E-state index in [1.54, 1.807) is 0 Å². The van der Waals surface area contributed by atoms with Crippen molar-refractivity contribution in [3.8, 4) is 0 Å². The van der Waals surface area contributed by atoms with Gasteiger partial charge in [-0.2, -0.15) is 0 Å². The number of thioether (sulfide) groups is 1. The van der Waals surface area contributed by atoms with Crippen LogP contribution in [0, 0.1) is 12.7 Å². The molecule has 0 saturated carbocycles.